The van der Waals surface area contributed by atoms with Crippen LogP contribution in [0.3, 0.4) is 0 Å². The van der Waals surface area contributed by atoms with Gasteiger partial charge in [0.25, 0.3) is 0 Å². The molecular formula is C7H14O2. The van der Waals surface area contributed by atoms with Gasteiger partial charge in [0.2, 0.25) is 0 Å². The zero-order valence-corrected chi connectivity index (χ0v) is 6.09. The first-order valence-electron chi connectivity index (χ1n) is 3.61. The molecular weight excluding hydrogens is 116 g/mol. The molecule has 9 heavy (non-hydrogen) atoms. The predicted octanol–water partition coefficient (Wildman–Crippen LogP) is 1.90. The monoisotopic (exact) mass is 130 g/mol. The maximum atomic E-state index is 5.04. The molecule has 0 saturated heterocycles. The van der Waals surface area contributed by atoms with Crippen LogP contribution in [0.1, 0.15) is 33.1 Å². The second-order valence-electron chi connectivity index (χ2n) is 2.79. The minimum Gasteiger partial charge on any atom is -0.234 e. The molecule has 54 valence electrons. The van der Waals surface area contributed by atoms with E-state index in [1.165, 1.54) is 19.3 Å². The molecule has 0 atom stereocenters. The Labute approximate surface area is 56.1 Å². The standard InChI is InChI=1S/C7H14O2/c1-6(2)8-9-7-4-3-5-7/h6-7H,3-5H2,1-2H3. The van der Waals surface area contributed by atoms with Gasteiger partial charge >= 0.3 is 0 Å². The van der Waals surface area contributed by atoms with E-state index in [1.54, 1.807) is 0 Å². The molecule has 0 bridgehead atoms. The quantitative estimate of drug-likeness (QED) is 0.429. The molecule has 1 aliphatic carbocycles. The molecule has 0 aliphatic heterocycles. The molecule has 0 heterocycles. The highest BCUT2D eigenvalue weighted by Crippen LogP contribution is 2.22. The fourth-order valence-corrected chi connectivity index (χ4v) is 0.657. The second-order valence-corrected chi connectivity index (χ2v) is 2.79. The Hall–Kier alpha value is -0.0800. The zero-order valence-electron chi connectivity index (χ0n) is 6.09. The molecule has 0 radical (unpaired) electrons. The van der Waals surface area contributed by atoms with Crippen LogP contribution in [0.2, 0.25) is 0 Å². The van der Waals surface area contributed by atoms with E-state index < -0.39 is 0 Å². The summed E-state index contributed by atoms with van der Waals surface area (Å²) in [4.78, 5) is 9.99. The van der Waals surface area contributed by atoms with Crippen molar-refractivity contribution in [3.8, 4) is 0 Å². The van der Waals surface area contributed by atoms with Crippen LogP contribution in [0.15, 0.2) is 0 Å². The van der Waals surface area contributed by atoms with Gasteiger partial charge in [-0.1, -0.05) is 0 Å². The number of hydrogen-bond donors (Lipinski definition) is 0. The highest BCUT2D eigenvalue weighted by molar-refractivity contribution is 4.67. The van der Waals surface area contributed by atoms with E-state index in [9.17, 15) is 0 Å². The zero-order chi connectivity index (χ0) is 6.69. The molecule has 0 unspecified atom stereocenters. The highest BCUT2D eigenvalue weighted by atomic mass is 17.2. The molecule has 1 rings (SSSR count). The first-order chi connectivity index (χ1) is 4.29. The van der Waals surface area contributed by atoms with Crippen molar-refractivity contribution >= 4 is 0 Å². The fourth-order valence-electron chi connectivity index (χ4n) is 0.657. The van der Waals surface area contributed by atoms with Gasteiger partial charge in [0.1, 0.15) is 0 Å². The predicted molar refractivity (Wildman–Crippen MR) is 34.9 cm³/mol. The summed E-state index contributed by atoms with van der Waals surface area (Å²) in [7, 11) is 0. The second kappa shape index (κ2) is 3.18. The summed E-state index contributed by atoms with van der Waals surface area (Å²) in [5.41, 5.74) is 0. The topological polar surface area (TPSA) is 18.5 Å². The van der Waals surface area contributed by atoms with E-state index in [0.717, 1.165) is 0 Å². The Balaban J connectivity index is 1.91. The lowest BCUT2D eigenvalue weighted by molar-refractivity contribution is -0.355. The third-order valence-electron chi connectivity index (χ3n) is 1.44. The van der Waals surface area contributed by atoms with Crippen LogP contribution < -0.4 is 0 Å². The molecule has 0 aromatic heterocycles. The molecule has 0 aromatic carbocycles. The maximum Gasteiger partial charge on any atom is 0.0930 e. The Morgan fingerprint density at radius 2 is 2.00 bits per heavy atom. The van der Waals surface area contributed by atoms with E-state index in [4.69, 9.17) is 9.78 Å². The minimum absolute atomic E-state index is 0.200. The largest absolute Gasteiger partial charge is 0.234 e. The Morgan fingerprint density at radius 1 is 1.33 bits per heavy atom. The van der Waals surface area contributed by atoms with Crippen molar-refractivity contribution in [1.82, 2.24) is 0 Å². The summed E-state index contributed by atoms with van der Waals surface area (Å²) in [5, 5.41) is 0. The molecule has 1 aliphatic rings. The van der Waals surface area contributed by atoms with Crippen LogP contribution in [-0.2, 0) is 9.78 Å². The van der Waals surface area contributed by atoms with Gasteiger partial charge in [0.15, 0.2) is 0 Å². The van der Waals surface area contributed by atoms with Crippen molar-refractivity contribution in [3.63, 3.8) is 0 Å². The molecule has 0 amide bonds. The normalized spacial score (nSPS) is 20.3. The first-order valence-corrected chi connectivity index (χ1v) is 3.61. The Bertz CT molecular complexity index is 77.0. The van der Waals surface area contributed by atoms with Crippen molar-refractivity contribution in [2.45, 2.75) is 45.3 Å². The number of hydrogen-bond acceptors (Lipinski definition) is 2. The first kappa shape index (κ1) is 7.03. The van der Waals surface area contributed by atoms with Crippen LogP contribution >= 0.6 is 0 Å². The molecule has 1 saturated carbocycles. The Kier molecular flexibility index (Phi) is 2.49. The summed E-state index contributed by atoms with van der Waals surface area (Å²) in [6, 6.07) is 0. The summed E-state index contributed by atoms with van der Waals surface area (Å²) in [5.74, 6) is 0. The molecule has 2 heteroatoms. The van der Waals surface area contributed by atoms with Crippen molar-refractivity contribution in [2.75, 3.05) is 0 Å². The van der Waals surface area contributed by atoms with Crippen LogP contribution in [0.4, 0.5) is 0 Å². The van der Waals surface area contributed by atoms with E-state index in [-0.39, 0.29) is 6.10 Å². The summed E-state index contributed by atoms with van der Waals surface area (Å²) in [6.07, 6.45) is 4.24. The van der Waals surface area contributed by atoms with Gasteiger partial charge in [-0.05, 0) is 33.1 Å². The molecule has 1 fully saturated rings. The summed E-state index contributed by atoms with van der Waals surface area (Å²) in [6.45, 7) is 3.94. The SMILES string of the molecule is CC(C)OOC1CCC1. The van der Waals surface area contributed by atoms with Gasteiger partial charge in [-0.3, -0.25) is 0 Å². The lowest BCUT2D eigenvalue weighted by Crippen LogP contribution is -2.23. The van der Waals surface area contributed by atoms with Crippen LogP contribution in [0.5, 0.6) is 0 Å². The average molecular weight is 130 g/mol. The van der Waals surface area contributed by atoms with Crippen molar-refractivity contribution in [2.24, 2.45) is 0 Å². The van der Waals surface area contributed by atoms with E-state index in [1.807, 2.05) is 13.8 Å². The molecule has 0 N–H and O–H groups in total. The van der Waals surface area contributed by atoms with Gasteiger partial charge in [0, 0.05) is 0 Å². The lowest BCUT2D eigenvalue weighted by Gasteiger charge is -2.24. The van der Waals surface area contributed by atoms with Gasteiger partial charge < -0.3 is 0 Å². The van der Waals surface area contributed by atoms with Crippen molar-refractivity contribution in [3.05, 3.63) is 0 Å². The minimum atomic E-state index is 0.200. The molecule has 0 spiro atoms. The average Bonchev–Trinajstić information content (AvgIpc) is 1.60. The van der Waals surface area contributed by atoms with Crippen LogP contribution in [-0.4, -0.2) is 12.2 Å². The van der Waals surface area contributed by atoms with Crippen LogP contribution in [0.25, 0.3) is 0 Å². The fraction of sp³-hybridized carbons (Fsp3) is 1.00. The van der Waals surface area contributed by atoms with E-state index in [2.05, 4.69) is 0 Å². The number of rotatable bonds is 3. The molecule has 2 nitrogen and oxygen atoms in total. The smallest absolute Gasteiger partial charge is 0.0930 e. The maximum absolute atomic E-state index is 5.04. The van der Waals surface area contributed by atoms with E-state index >= 15 is 0 Å². The third-order valence-corrected chi connectivity index (χ3v) is 1.44. The highest BCUT2D eigenvalue weighted by Gasteiger charge is 2.19. The van der Waals surface area contributed by atoms with Crippen molar-refractivity contribution < 1.29 is 9.78 Å². The summed E-state index contributed by atoms with van der Waals surface area (Å²) < 4.78 is 0. The van der Waals surface area contributed by atoms with E-state index in [0.29, 0.717) is 6.10 Å². The third kappa shape index (κ3) is 2.33. The lowest BCUT2D eigenvalue weighted by atomic mass is 9.97. The van der Waals surface area contributed by atoms with Crippen LogP contribution in [0, 0.1) is 0 Å². The van der Waals surface area contributed by atoms with Gasteiger partial charge in [-0.15, -0.1) is 0 Å². The summed E-state index contributed by atoms with van der Waals surface area (Å²) >= 11 is 0. The van der Waals surface area contributed by atoms with Gasteiger partial charge in [-0.2, -0.15) is 0 Å². The van der Waals surface area contributed by atoms with Crippen molar-refractivity contribution in [1.29, 1.82) is 0 Å². The van der Waals surface area contributed by atoms with Gasteiger partial charge in [-0.25, -0.2) is 9.78 Å². The van der Waals surface area contributed by atoms with Gasteiger partial charge in [0.05, 0.1) is 12.2 Å². The Morgan fingerprint density at radius 3 is 2.33 bits per heavy atom. The molecule has 0 aromatic rings.